The molecule has 2 aliphatic rings. The highest BCUT2D eigenvalue weighted by Gasteiger charge is 2.48. The zero-order valence-electron chi connectivity index (χ0n) is 13.6. The van der Waals surface area contributed by atoms with Crippen LogP contribution in [0.5, 0.6) is 0 Å². The predicted octanol–water partition coefficient (Wildman–Crippen LogP) is 0.661. The normalized spacial score (nSPS) is 27.2. The lowest BCUT2D eigenvalue weighted by Crippen LogP contribution is -2.61. The molecule has 0 radical (unpaired) electrons. The van der Waals surface area contributed by atoms with Crippen LogP contribution < -0.4 is 0 Å². The number of aromatic nitrogens is 1. The van der Waals surface area contributed by atoms with Crippen LogP contribution in [0.4, 0.5) is 0 Å². The Bertz CT molecular complexity index is 675. The highest BCUT2D eigenvalue weighted by Crippen LogP contribution is 2.28. The fraction of sp³-hybridized carbons (Fsp3) is 0.625. The molecule has 0 aliphatic carbocycles. The maximum atomic E-state index is 12.7. The van der Waals surface area contributed by atoms with E-state index in [0.717, 1.165) is 6.54 Å². The molecule has 0 N–H and O–H groups in total. The number of amides is 1. The summed E-state index contributed by atoms with van der Waals surface area (Å²) < 4.78 is 24.3. The molecule has 0 saturated carbocycles. The molecule has 3 heterocycles. The lowest BCUT2D eigenvalue weighted by atomic mass is 10.0. The fourth-order valence-electron chi connectivity index (χ4n) is 3.61. The highest BCUT2D eigenvalue weighted by atomic mass is 32.2. The summed E-state index contributed by atoms with van der Waals surface area (Å²) in [6, 6.07) is 4.87. The first-order valence-electron chi connectivity index (χ1n) is 8.04. The van der Waals surface area contributed by atoms with Gasteiger partial charge in [0.05, 0.1) is 17.5 Å². The number of fused-ring (bicyclic) bond motifs is 1. The molecule has 2 saturated heterocycles. The third-order valence-corrected chi connectivity index (χ3v) is 6.23. The number of nitrogens with zero attached hydrogens (tertiary/aromatic N) is 3. The lowest BCUT2D eigenvalue weighted by molar-refractivity contribution is 0.0292. The third kappa shape index (κ3) is 3.40. The maximum absolute atomic E-state index is 12.7. The van der Waals surface area contributed by atoms with E-state index in [4.69, 9.17) is 0 Å². The van der Waals surface area contributed by atoms with E-state index in [1.165, 1.54) is 0 Å². The Morgan fingerprint density at radius 1 is 1.26 bits per heavy atom. The van der Waals surface area contributed by atoms with E-state index < -0.39 is 9.84 Å². The molecule has 2 fully saturated rings. The summed E-state index contributed by atoms with van der Waals surface area (Å²) in [4.78, 5) is 20.8. The summed E-state index contributed by atoms with van der Waals surface area (Å²) in [5.74, 6) is 0.514. The molecule has 2 atom stereocenters. The summed E-state index contributed by atoms with van der Waals surface area (Å²) >= 11 is 0. The van der Waals surface area contributed by atoms with E-state index in [1.54, 1.807) is 29.3 Å². The summed E-state index contributed by atoms with van der Waals surface area (Å²) in [6.07, 6.45) is 1.59. The summed E-state index contributed by atoms with van der Waals surface area (Å²) in [7, 11) is -3.10. The van der Waals surface area contributed by atoms with Gasteiger partial charge in [0.1, 0.15) is 5.69 Å². The molecule has 126 valence electrons. The smallest absolute Gasteiger partial charge is 0.272 e. The minimum Gasteiger partial charge on any atom is -0.330 e. The number of hydrogen-bond donors (Lipinski definition) is 0. The number of piperazine rings is 1. The van der Waals surface area contributed by atoms with Crippen molar-refractivity contribution in [2.24, 2.45) is 5.92 Å². The first kappa shape index (κ1) is 16.4. The van der Waals surface area contributed by atoms with Crippen molar-refractivity contribution >= 4 is 15.7 Å². The second-order valence-corrected chi connectivity index (χ2v) is 8.97. The zero-order valence-corrected chi connectivity index (χ0v) is 14.4. The first-order chi connectivity index (χ1) is 10.9. The number of carbonyl (C=O) groups is 1. The Labute approximate surface area is 137 Å². The Hall–Kier alpha value is -1.47. The van der Waals surface area contributed by atoms with Crippen LogP contribution in [0, 0.1) is 5.92 Å². The minimum absolute atomic E-state index is 0.0604. The van der Waals surface area contributed by atoms with Crippen molar-refractivity contribution in [3.8, 4) is 0 Å². The Kier molecular flexibility index (Phi) is 4.42. The van der Waals surface area contributed by atoms with Crippen molar-refractivity contribution in [2.45, 2.75) is 25.9 Å². The van der Waals surface area contributed by atoms with E-state index in [-0.39, 0.29) is 29.5 Å². The number of rotatable bonds is 3. The lowest BCUT2D eigenvalue weighted by Gasteiger charge is -2.44. The van der Waals surface area contributed by atoms with Crippen molar-refractivity contribution in [1.82, 2.24) is 14.8 Å². The van der Waals surface area contributed by atoms with Gasteiger partial charge < -0.3 is 4.90 Å². The van der Waals surface area contributed by atoms with Gasteiger partial charge in [-0.2, -0.15) is 0 Å². The van der Waals surface area contributed by atoms with Gasteiger partial charge in [-0.05, 0) is 18.1 Å². The quantitative estimate of drug-likeness (QED) is 0.810. The van der Waals surface area contributed by atoms with E-state index >= 15 is 0 Å². The molecule has 3 rings (SSSR count). The molecular formula is C16H23N3O3S. The van der Waals surface area contributed by atoms with Crippen LogP contribution in [0.1, 0.15) is 24.3 Å². The first-order valence-corrected chi connectivity index (χ1v) is 9.86. The topological polar surface area (TPSA) is 70.6 Å². The Balaban J connectivity index is 1.85. The Morgan fingerprint density at radius 2 is 2.00 bits per heavy atom. The molecule has 1 aromatic rings. The van der Waals surface area contributed by atoms with Gasteiger partial charge in [-0.3, -0.25) is 14.7 Å². The van der Waals surface area contributed by atoms with Crippen LogP contribution in [0.15, 0.2) is 24.4 Å². The van der Waals surface area contributed by atoms with Gasteiger partial charge >= 0.3 is 0 Å². The van der Waals surface area contributed by atoms with Crippen LogP contribution in [0.25, 0.3) is 0 Å². The molecule has 6 nitrogen and oxygen atoms in total. The molecule has 2 aliphatic heterocycles. The molecule has 0 bridgehead atoms. The van der Waals surface area contributed by atoms with E-state index in [9.17, 15) is 13.2 Å². The van der Waals surface area contributed by atoms with Gasteiger partial charge in [0.15, 0.2) is 9.84 Å². The van der Waals surface area contributed by atoms with Crippen molar-refractivity contribution in [3.63, 3.8) is 0 Å². The van der Waals surface area contributed by atoms with Crippen LogP contribution >= 0.6 is 0 Å². The zero-order chi connectivity index (χ0) is 16.6. The molecule has 7 heteroatoms. The van der Waals surface area contributed by atoms with Gasteiger partial charge in [-0.25, -0.2) is 8.42 Å². The average molecular weight is 337 g/mol. The summed E-state index contributed by atoms with van der Waals surface area (Å²) in [5.41, 5.74) is 0.382. The van der Waals surface area contributed by atoms with Gasteiger partial charge in [-0.15, -0.1) is 0 Å². The van der Waals surface area contributed by atoms with Gasteiger partial charge in [0.2, 0.25) is 0 Å². The van der Waals surface area contributed by atoms with E-state index in [0.29, 0.717) is 24.7 Å². The minimum atomic E-state index is -3.10. The predicted molar refractivity (Wildman–Crippen MR) is 87.9 cm³/mol. The van der Waals surface area contributed by atoms with Crippen molar-refractivity contribution in [1.29, 1.82) is 0 Å². The molecule has 0 unspecified atom stereocenters. The van der Waals surface area contributed by atoms with Crippen LogP contribution in [-0.2, 0) is 9.84 Å². The van der Waals surface area contributed by atoms with Gasteiger partial charge in [0, 0.05) is 31.9 Å². The van der Waals surface area contributed by atoms with Crippen LogP contribution in [0.3, 0.4) is 0 Å². The Morgan fingerprint density at radius 3 is 2.65 bits per heavy atom. The molecule has 0 spiro atoms. The number of hydrogen-bond acceptors (Lipinski definition) is 5. The van der Waals surface area contributed by atoms with Crippen molar-refractivity contribution in [3.05, 3.63) is 30.1 Å². The van der Waals surface area contributed by atoms with Crippen LogP contribution in [0.2, 0.25) is 0 Å². The van der Waals surface area contributed by atoms with Crippen LogP contribution in [-0.4, -0.2) is 72.3 Å². The molecule has 1 aromatic heterocycles. The maximum Gasteiger partial charge on any atom is 0.272 e. The van der Waals surface area contributed by atoms with E-state index in [1.807, 2.05) is 0 Å². The number of pyridine rings is 1. The largest absolute Gasteiger partial charge is 0.330 e. The van der Waals surface area contributed by atoms with E-state index in [2.05, 4.69) is 23.7 Å². The summed E-state index contributed by atoms with van der Waals surface area (Å²) in [6.45, 7) is 6.39. The second-order valence-electron chi connectivity index (χ2n) is 6.81. The molecular weight excluding hydrogens is 314 g/mol. The van der Waals surface area contributed by atoms with Gasteiger partial charge in [0.25, 0.3) is 5.91 Å². The van der Waals surface area contributed by atoms with Crippen molar-refractivity contribution in [2.75, 3.05) is 31.1 Å². The van der Waals surface area contributed by atoms with Crippen molar-refractivity contribution < 1.29 is 13.2 Å². The fourth-order valence-corrected chi connectivity index (χ4v) is 5.62. The molecule has 23 heavy (non-hydrogen) atoms. The van der Waals surface area contributed by atoms with Gasteiger partial charge in [-0.1, -0.05) is 19.9 Å². The summed E-state index contributed by atoms with van der Waals surface area (Å²) in [5, 5.41) is 0. The second kappa shape index (κ2) is 6.20. The highest BCUT2D eigenvalue weighted by molar-refractivity contribution is 7.91. The number of carbonyl (C=O) groups excluding carboxylic acids is 1. The monoisotopic (exact) mass is 337 g/mol. The standard InChI is InChI=1S/C16H23N3O3S/c1-12(2)9-18-7-8-19(15-11-23(21,22)10-14(15)18)16(20)13-5-3-4-6-17-13/h3-6,12,14-15H,7-11H2,1-2H3/t14-,15+/m0/s1. The SMILES string of the molecule is CC(C)CN1CCN(C(=O)c2ccccn2)[C@@H]2CS(=O)(=O)C[C@@H]21. The number of sulfone groups is 1. The average Bonchev–Trinajstić information content (AvgIpc) is 2.83. The molecule has 0 aromatic carbocycles. The molecule has 1 amide bonds. The third-order valence-electron chi connectivity index (χ3n) is 4.54.